The molecule has 1 aliphatic heterocycles. The van der Waals surface area contributed by atoms with Crippen LogP contribution in [0, 0.1) is 0 Å². The van der Waals surface area contributed by atoms with Crippen molar-refractivity contribution in [1.82, 2.24) is 9.99 Å². The van der Waals surface area contributed by atoms with Gasteiger partial charge < -0.3 is 5.32 Å². The zero-order valence-corrected chi connectivity index (χ0v) is 18.0. The summed E-state index contributed by atoms with van der Waals surface area (Å²) < 4.78 is 0. The lowest BCUT2D eigenvalue weighted by atomic mass is 10.2. The fourth-order valence-corrected chi connectivity index (χ4v) is 4.38. The Hall–Kier alpha value is -2.42. The summed E-state index contributed by atoms with van der Waals surface area (Å²) in [5.41, 5.74) is 1.10. The summed E-state index contributed by atoms with van der Waals surface area (Å²) in [6.07, 6.45) is 5.13. The molecule has 2 aliphatic rings. The van der Waals surface area contributed by atoms with Gasteiger partial charge in [-0.25, -0.2) is 0 Å². The maximum Gasteiger partial charge on any atom is 0.263 e. The molecule has 0 radical (unpaired) electrons. The summed E-state index contributed by atoms with van der Waals surface area (Å²) in [5, 5.41) is 9.01. The van der Waals surface area contributed by atoms with E-state index in [4.69, 9.17) is 23.2 Å². The van der Waals surface area contributed by atoms with Gasteiger partial charge in [-0.2, -0.15) is 10.1 Å². The smallest absolute Gasteiger partial charge is 0.263 e. The van der Waals surface area contributed by atoms with E-state index in [2.05, 4.69) is 20.4 Å². The summed E-state index contributed by atoms with van der Waals surface area (Å²) in [7, 11) is 0. The van der Waals surface area contributed by atoms with Gasteiger partial charge in [0.15, 0.2) is 5.17 Å². The molecule has 154 valence electrons. The number of anilines is 1. The van der Waals surface area contributed by atoms with Crippen molar-refractivity contribution in [3.8, 4) is 0 Å². The van der Waals surface area contributed by atoms with Crippen LogP contribution in [0.25, 0.3) is 0 Å². The van der Waals surface area contributed by atoms with E-state index in [0.717, 1.165) is 12.8 Å². The number of thioether (sulfide) groups is 1. The average molecular weight is 462 g/mol. The van der Waals surface area contributed by atoms with Crippen LogP contribution in [0.4, 0.5) is 5.69 Å². The Morgan fingerprint density at radius 1 is 1.27 bits per heavy atom. The minimum Gasteiger partial charge on any atom is -0.326 e. The van der Waals surface area contributed by atoms with Crippen LogP contribution >= 0.6 is 35.0 Å². The molecule has 1 aliphatic carbocycles. The Labute approximate surface area is 187 Å². The second kappa shape index (κ2) is 9.16. The topological polar surface area (TPSA) is 87.0 Å². The van der Waals surface area contributed by atoms with Gasteiger partial charge in [0, 0.05) is 28.4 Å². The van der Waals surface area contributed by atoms with E-state index in [0.29, 0.717) is 26.6 Å². The summed E-state index contributed by atoms with van der Waals surface area (Å²) in [6.45, 7) is 0. The van der Waals surface area contributed by atoms with Crippen LogP contribution in [0.1, 0.15) is 25.0 Å². The van der Waals surface area contributed by atoms with Crippen molar-refractivity contribution >= 4 is 63.8 Å². The molecular weight excluding hydrogens is 445 g/mol. The normalized spacial score (nSPS) is 20.3. The van der Waals surface area contributed by atoms with Crippen molar-refractivity contribution in [2.45, 2.75) is 30.6 Å². The van der Waals surface area contributed by atoms with Gasteiger partial charge in [-0.3, -0.25) is 19.6 Å². The quantitative estimate of drug-likeness (QED) is 0.652. The molecule has 1 aromatic heterocycles. The Bertz CT molecular complexity index is 1010. The Morgan fingerprint density at radius 2 is 2.03 bits per heavy atom. The first-order valence-corrected chi connectivity index (χ1v) is 10.9. The highest BCUT2D eigenvalue weighted by Gasteiger charge is 2.40. The number of rotatable bonds is 6. The molecule has 30 heavy (non-hydrogen) atoms. The first-order valence-electron chi connectivity index (χ1n) is 9.27. The number of amides is 2. The zero-order valence-electron chi connectivity index (χ0n) is 15.7. The molecule has 2 heterocycles. The Kier molecular flexibility index (Phi) is 6.36. The van der Waals surface area contributed by atoms with Gasteiger partial charge >= 0.3 is 0 Å². The third kappa shape index (κ3) is 5.38. The predicted octanol–water partition coefficient (Wildman–Crippen LogP) is 4.21. The highest BCUT2D eigenvalue weighted by molar-refractivity contribution is 8.15. The van der Waals surface area contributed by atoms with Gasteiger partial charge in [0.2, 0.25) is 5.91 Å². The van der Waals surface area contributed by atoms with E-state index in [1.807, 2.05) is 6.07 Å². The van der Waals surface area contributed by atoms with Crippen LogP contribution < -0.4 is 5.32 Å². The fourth-order valence-electron chi connectivity index (χ4n) is 2.71. The number of nitrogens with zero attached hydrogens (tertiary/aromatic N) is 4. The molecule has 0 spiro atoms. The first-order chi connectivity index (χ1) is 14.5. The predicted molar refractivity (Wildman–Crippen MR) is 120 cm³/mol. The standard InChI is InChI=1S/C20H17Cl2N5O2S/c21-12-7-13(22)9-16(8-12)25-18(28)10-17-19(29)27(20(30-17)26-14-4-5-14)24-11-15-3-1-2-6-23-15/h1-3,6-9,11,14,17H,4-5,10H2,(H,25,28). The summed E-state index contributed by atoms with van der Waals surface area (Å²) in [6, 6.07) is 10.4. The van der Waals surface area contributed by atoms with E-state index in [-0.39, 0.29) is 24.3 Å². The van der Waals surface area contributed by atoms with Crippen LogP contribution in [0.2, 0.25) is 10.0 Å². The Balaban J connectivity index is 1.46. The molecule has 2 fully saturated rings. The molecule has 7 nitrogen and oxygen atoms in total. The number of carbonyl (C=O) groups is 2. The molecule has 4 rings (SSSR count). The summed E-state index contributed by atoms with van der Waals surface area (Å²) in [4.78, 5) is 34.1. The van der Waals surface area contributed by atoms with Crippen LogP contribution in [0.5, 0.6) is 0 Å². The number of hydrazone groups is 1. The van der Waals surface area contributed by atoms with E-state index >= 15 is 0 Å². The molecule has 1 N–H and O–H groups in total. The van der Waals surface area contributed by atoms with E-state index in [9.17, 15) is 9.59 Å². The molecular formula is C20H17Cl2N5O2S. The average Bonchev–Trinajstić information content (AvgIpc) is 3.46. The van der Waals surface area contributed by atoms with Gasteiger partial charge in [0.1, 0.15) is 5.25 Å². The SMILES string of the molecule is O=C(CC1SC(=NC2CC2)N(N=Cc2ccccn2)C1=O)Nc1cc(Cl)cc(Cl)c1. The third-order valence-corrected chi connectivity index (χ3v) is 5.84. The highest BCUT2D eigenvalue weighted by atomic mass is 35.5. The minimum absolute atomic E-state index is 0.0209. The Morgan fingerprint density at radius 3 is 2.70 bits per heavy atom. The van der Waals surface area contributed by atoms with Crippen LogP contribution in [0.3, 0.4) is 0 Å². The maximum atomic E-state index is 12.9. The van der Waals surface area contributed by atoms with Crippen molar-refractivity contribution in [2.75, 3.05) is 5.32 Å². The largest absolute Gasteiger partial charge is 0.326 e. The van der Waals surface area contributed by atoms with Crippen molar-refractivity contribution in [1.29, 1.82) is 0 Å². The second-order valence-electron chi connectivity index (χ2n) is 6.81. The first kappa shape index (κ1) is 20.8. The highest BCUT2D eigenvalue weighted by Crippen LogP contribution is 2.34. The van der Waals surface area contributed by atoms with Crippen LogP contribution in [0.15, 0.2) is 52.7 Å². The monoisotopic (exact) mass is 461 g/mol. The number of hydrogen-bond donors (Lipinski definition) is 1. The maximum absolute atomic E-state index is 12.9. The molecule has 10 heteroatoms. The number of benzene rings is 1. The number of carbonyl (C=O) groups excluding carboxylic acids is 2. The fraction of sp³-hybridized carbons (Fsp3) is 0.250. The zero-order chi connectivity index (χ0) is 21.1. The number of hydrogen-bond acceptors (Lipinski definition) is 6. The summed E-state index contributed by atoms with van der Waals surface area (Å²) >= 11 is 13.2. The summed E-state index contributed by atoms with van der Waals surface area (Å²) in [5.74, 6) is -0.605. The van der Waals surface area contributed by atoms with Gasteiger partial charge in [-0.05, 0) is 43.2 Å². The molecule has 1 saturated heterocycles. The lowest BCUT2D eigenvalue weighted by molar-refractivity contribution is -0.128. The van der Waals surface area contributed by atoms with Crippen molar-refractivity contribution in [2.24, 2.45) is 10.1 Å². The van der Waals surface area contributed by atoms with Gasteiger partial charge in [0.05, 0.1) is 18.0 Å². The molecule has 1 atom stereocenters. The molecule has 2 aromatic rings. The lowest BCUT2D eigenvalue weighted by Gasteiger charge is -2.10. The lowest BCUT2D eigenvalue weighted by Crippen LogP contribution is -2.30. The van der Waals surface area contributed by atoms with Crippen molar-refractivity contribution in [3.63, 3.8) is 0 Å². The van der Waals surface area contributed by atoms with Crippen LogP contribution in [-0.2, 0) is 9.59 Å². The number of halogens is 2. The van der Waals surface area contributed by atoms with Gasteiger partial charge in [-0.15, -0.1) is 0 Å². The second-order valence-corrected chi connectivity index (χ2v) is 8.85. The number of amidine groups is 1. The van der Waals surface area contributed by atoms with Gasteiger partial charge in [0.25, 0.3) is 5.91 Å². The molecule has 1 unspecified atom stereocenters. The number of nitrogens with one attached hydrogen (secondary N) is 1. The van der Waals surface area contributed by atoms with Crippen molar-refractivity contribution in [3.05, 3.63) is 58.3 Å². The minimum atomic E-state index is -0.613. The number of pyridine rings is 1. The van der Waals surface area contributed by atoms with Gasteiger partial charge in [-0.1, -0.05) is 41.0 Å². The third-order valence-electron chi connectivity index (χ3n) is 4.26. The van der Waals surface area contributed by atoms with E-state index in [1.165, 1.54) is 23.0 Å². The molecule has 2 amide bonds. The number of aromatic nitrogens is 1. The van der Waals surface area contributed by atoms with Crippen molar-refractivity contribution < 1.29 is 9.59 Å². The molecule has 0 bridgehead atoms. The van der Waals surface area contributed by atoms with E-state index < -0.39 is 5.25 Å². The van der Waals surface area contributed by atoms with Crippen LogP contribution in [-0.4, -0.2) is 44.5 Å². The number of aliphatic imine (C=N–C) groups is 1. The molecule has 1 aromatic carbocycles. The van der Waals surface area contributed by atoms with E-state index in [1.54, 1.807) is 36.5 Å². The molecule has 1 saturated carbocycles.